The Labute approximate surface area is 203 Å². The fourth-order valence-electron chi connectivity index (χ4n) is 4.24. The van der Waals surface area contributed by atoms with Gasteiger partial charge in [-0.1, -0.05) is 35.9 Å². The molecule has 0 saturated carbocycles. The highest BCUT2D eigenvalue weighted by atomic mass is 35.5. The van der Waals surface area contributed by atoms with Gasteiger partial charge >= 0.3 is 0 Å². The molecule has 2 heterocycles. The Morgan fingerprint density at radius 3 is 2.58 bits per heavy atom. The predicted octanol–water partition coefficient (Wildman–Crippen LogP) is 4.59. The maximum atomic E-state index is 12.7. The quantitative estimate of drug-likeness (QED) is 0.376. The van der Waals surface area contributed by atoms with E-state index in [2.05, 4.69) is 37.1 Å². The lowest BCUT2D eigenvalue weighted by Gasteiger charge is -2.35. The van der Waals surface area contributed by atoms with Gasteiger partial charge in [-0.15, -0.1) is 0 Å². The van der Waals surface area contributed by atoms with Gasteiger partial charge in [-0.3, -0.25) is 4.90 Å². The lowest BCUT2D eigenvalue weighted by molar-refractivity contribution is 0.255. The van der Waals surface area contributed by atoms with Crippen molar-refractivity contribution in [2.45, 2.75) is 11.3 Å². The van der Waals surface area contributed by atoms with Gasteiger partial charge in [0.05, 0.1) is 9.60 Å². The maximum Gasteiger partial charge on any atom is 0.240 e. The first-order valence-corrected chi connectivity index (χ1v) is 13.6. The molecule has 9 heteroatoms. The second-order valence-electron chi connectivity index (χ2n) is 8.24. The van der Waals surface area contributed by atoms with Gasteiger partial charge in [-0.05, 0) is 71.7 Å². The fourth-order valence-corrected chi connectivity index (χ4v) is 6.32. The summed E-state index contributed by atoms with van der Waals surface area (Å²) < 4.78 is 34.1. The number of aromatic nitrogens is 1. The number of hydrogen-bond donors (Lipinski definition) is 1. The number of benzene rings is 3. The second kappa shape index (κ2) is 9.56. The molecule has 1 aliphatic rings. The van der Waals surface area contributed by atoms with Crippen LogP contribution in [0.25, 0.3) is 20.9 Å². The molecule has 0 radical (unpaired) electrons. The van der Waals surface area contributed by atoms with E-state index in [0.717, 1.165) is 55.7 Å². The molecule has 3 aromatic carbocycles. The monoisotopic (exact) mass is 500 g/mol. The summed E-state index contributed by atoms with van der Waals surface area (Å²) in [6.07, 6.45) is 0.766. The third kappa shape index (κ3) is 5.00. The summed E-state index contributed by atoms with van der Waals surface area (Å²) in [7, 11) is -3.54. The number of halogens is 1. The van der Waals surface area contributed by atoms with Crippen LogP contribution in [0.3, 0.4) is 0 Å². The Morgan fingerprint density at radius 1 is 0.970 bits per heavy atom. The first-order chi connectivity index (χ1) is 16.0. The van der Waals surface area contributed by atoms with Crippen LogP contribution in [0.4, 0.5) is 5.82 Å². The number of anilines is 1. The van der Waals surface area contributed by atoms with E-state index in [-0.39, 0.29) is 4.90 Å². The largest absolute Gasteiger partial charge is 0.353 e. The third-order valence-electron chi connectivity index (χ3n) is 6.06. The van der Waals surface area contributed by atoms with Gasteiger partial charge in [0.15, 0.2) is 0 Å². The average molecular weight is 501 g/mol. The van der Waals surface area contributed by atoms with Gasteiger partial charge in [-0.25, -0.2) is 13.1 Å². The molecule has 172 valence electrons. The van der Waals surface area contributed by atoms with Gasteiger partial charge in [0.1, 0.15) is 5.82 Å². The number of nitrogens with one attached hydrogen (secondary N) is 1. The second-order valence-corrected chi connectivity index (χ2v) is 11.2. The van der Waals surface area contributed by atoms with Crippen molar-refractivity contribution in [3.05, 3.63) is 65.7 Å². The van der Waals surface area contributed by atoms with E-state index in [1.165, 1.54) is 10.1 Å². The van der Waals surface area contributed by atoms with Crippen LogP contribution in [0.2, 0.25) is 5.02 Å². The summed E-state index contributed by atoms with van der Waals surface area (Å²) in [4.78, 5) is 5.02. The molecule has 5 rings (SSSR count). The number of nitrogens with zero attached hydrogens (tertiary/aromatic N) is 3. The van der Waals surface area contributed by atoms with Gasteiger partial charge in [-0.2, -0.15) is 4.37 Å². The summed E-state index contributed by atoms with van der Waals surface area (Å²) in [6.45, 7) is 5.04. The minimum Gasteiger partial charge on any atom is -0.353 e. The van der Waals surface area contributed by atoms with Crippen molar-refractivity contribution in [3.63, 3.8) is 0 Å². The Balaban J connectivity index is 1.11. The van der Waals surface area contributed by atoms with E-state index in [0.29, 0.717) is 11.6 Å². The zero-order valence-corrected chi connectivity index (χ0v) is 20.5. The molecular formula is C24H25ClN4O2S2. The van der Waals surface area contributed by atoms with Crippen molar-refractivity contribution < 1.29 is 8.42 Å². The summed E-state index contributed by atoms with van der Waals surface area (Å²) in [5, 5.41) is 3.64. The topological polar surface area (TPSA) is 65.5 Å². The van der Waals surface area contributed by atoms with Crippen LogP contribution in [-0.4, -0.2) is 57.0 Å². The zero-order chi connectivity index (χ0) is 22.8. The number of fused-ring (bicyclic) bond motifs is 2. The van der Waals surface area contributed by atoms with E-state index in [9.17, 15) is 8.42 Å². The molecular weight excluding hydrogens is 476 g/mol. The lowest BCUT2D eigenvalue weighted by atomic mass is 10.1. The summed E-state index contributed by atoms with van der Waals surface area (Å²) in [5.74, 6) is 1.08. The molecule has 0 amide bonds. The maximum absolute atomic E-state index is 12.7. The van der Waals surface area contributed by atoms with Crippen LogP contribution in [0, 0.1) is 0 Å². The van der Waals surface area contributed by atoms with Crippen LogP contribution in [0.15, 0.2) is 65.6 Å². The van der Waals surface area contributed by atoms with Crippen molar-refractivity contribution >= 4 is 59.8 Å². The molecule has 1 fully saturated rings. The predicted molar refractivity (Wildman–Crippen MR) is 137 cm³/mol. The van der Waals surface area contributed by atoms with E-state index < -0.39 is 10.0 Å². The molecule has 6 nitrogen and oxygen atoms in total. The van der Waals surface area contributed by atoms with Crippen molar-refractivity contribution in [3.8, 4) is 0 Å². The molecule has 0 spiro atoms. The zero-order valence-electron chi connectivity index (χ0n) is 18.1. The Morgan fingerprint density at radius 2 is 1.73 bits per heavy atom. The minimum absolute atomic E-state index is 0.279. The molecule has 1 aromatic heterocycles. The van der Waals surface area contributed by atoms with E-state index >= 15 is 0 Å². The summed E-state index contributed by atoms with van der Waals surface area (Å²) >= 11 is 7.56. The number of rotatable bonds is 7. The van der Waals surface area contributed by atoms with Crippen molar-refractivity contribution in [1.82, 2.24) is 14.0 Å². The SMILES string of the molecule is O=S(=O)(NCCCN1CCN(c2nsc3ccccc23)CC1)c1ccc2cc(Cl)ccc2c1. The summed E-state index contributed by atoms with van der Waals surface area (Å²) in [5.41, 5.74) is 0. The highest BCUT2D eigenvalue weighted by Gasteiger charge is 2.21. The molecule has 0 bridgehead atoms. The molecule has 1 N–H and O–H groups in total. The van der Waals surface area contributed by atoms with E-state index in [1.807, 2.05) is 18.2 Å². The van der Waals surface area contributed by atoms with Crippen molar-refractivity contribution in [2.75, 3.05) is 44.2 Å². The Kier molecular flexibility index (Phi) is 6.53. The Hall–Kier alpha value is -2.23. The smallest absolute Gasteiger partial charge is 0.240 e. The average Bonchev–Trinajstić information content (AvgIpc) is 3.26. The van der Waals surface area contributed by atoms with Gasteiger partial charge in [0.2, 0.25) is 10.0 Å². The molecule has 0 atom stereocenters. The first-order valence-electron chi connectivity index (χ1n) is 11.0. The highest BCUT2D eigenvalue weighted by Crippen LogP contribution is 2.29. The van der Waals surface area contributed by atoms with E-state index in [4.69, 9.17) is 11.6 Å². The van der Waals surface area contributed by atoms with Crippen LogP contribution >= 0.6 is 23.1 Å². The highest BCUT2D eigenvalue weighted by molar-refractivity contribution is 7.89. The number of hydrogen-bond acceptors (Lipinski definition) is 6. The molecule has 4 aromatic rings. The molecule has 33 heavy (non-hydrogen) atoms. The normalized spacial score (nSPS) is 15.5. The first kappa shape index (κ1) is 22.6. The molecule has 1 saturated heterocycles. The van der Waals surface area contributed by atoms with Gasteiger partial charge in [0.25, 0.3) is 0 Å². The van der Waals surface area contributed by atoms with Gasteiger partial charge < -0.3 is 4.90 Å². The standard InChI is InChI=1S/C24H25ClN4O2S2/c25-20-8-6-19-17-21(9-7-18(19)16-20)33(30,31)26-10-3-11-28-12-14-29(15-13-28)24-22-4-1-2-5-23(22)32-27-24/h1-2,4-9,16-17,26H,3,10-15H2. The van der Waals surface area contributed by atoms with Crippen LogP contribution < -0.4 is 9.62 Å². The van der Waals surface area contributed by atoms with Crippen molar-refractivity contribution in [2.24, 2.45) is 0 Å². The molecule has 0 unspecified atom stereocenters. The number of sulfonamides is 1. The molecule has 1 aliphatic heterocycles. The Bertz CT molecular complexity index is 1380. The van der Waals surface area contributed by atoms with Crippen LogP contribution in [-0.2, 0) is 10.0 Å². The van der Waals surface area contributed by atoms with Crippen LogP contribution in [0.5, 0.6) is 0 Å². The number of piperazine rings is 1. The minimum atomic E-state index is -3.54. The fraction of sp³-hybridized carbons (Fsp3) is 0.292. The van der Waals surface area contributed by atoms with Gasteiger partial charge in [0, 0.05) is 43.1 Å². The lowest BCUT2D eigenvalue weighted by Crippen LogP contribution is -2.47. The third-order valence-corrected chi connectivity index (χ3v) is 8.57. The van der Waals surface area contributed by atoms with Crippen molar-refractivity contribution in [1.29, 1.82) is 0 Å². The molecule has 0 aliphatic carbocycles. The summed E-state index contributed by atoms with van der Waals surface area (Å²) in [6, 6.07) is 18.9. The van der Waals surface area contributed by atoms with E-state index in [1.54, 1.807) is 35.8 Å². The van der Waals surface area contributed by atoms with Crippen LogP contribution in [0.1, 0.15) is 6.42 Å².